The lowest BCUT2D eigenvalue weighted by atomic mass is 9.99. The molecule has 24 heavy (non-hydrogen) atoms. The molecule has 0 saturated heterocycles. The predicted molar refractivity (Wildman–Crippen MR) is 97.3 cm³/mol. The number of aryl methyl sites for hydroxylation is 2. The molecular formula is C18H28N4O2. The number of imidazole rings is 1. The molecule has 0 bridgehead atoms. The normalized spacial score (nSPS) is 12.5. The van der Waals surface area contributed by atoms with Crippen LogP contribution in [0.15, 0.2) is 27.6 Å². The van der Waals surface area contributed by atoms with Gasteiger partial charge in [0.05, 0.1) is 6.33 Å². The van der Waals surface area contributed by atoms with Gasteiger partial charge in [0.25, 0.3) is 5.56 Å². The van der Waals surface area contributed by atoms with Gasteiger partial charge in [0.1, 0.15) is 0 Å². The first-order valence-corrected chi connectivity index (χ1v) is 8.57. The summed E-state index contributed by atoms with van der Waals surface area (Å²) < 4.78 is 4.47. The Morgan fingerprint density at radius 1 is 1.25 bits per heavy atom. The van der Waals surface area contributed by atoms with E-state index >= 15 is 0 Å². The Bertz CT molecular complexity index is 850. The molecule has 1 unspecified atom stereocenters. The standard InChI is InChI=1S/C18H28N4O2/c1-13(2)8-6-9-14(3)10-7-11-22-17(23)15-16(19-12-20(15)4)21(5)18(22)24/h8,12,14H,6-7,9-11H2,1-5H3. The van der Waals surface area contributed by atoms with Gasteiger partial charge in [-0.15, -0.1) is 0 Å². The molecule has 132 valence electrons. The van der Waals surface area contributed by atoms with E-state index in [0.717, 1.165) is 25.7 Å². The van der Waals surface area contributed by atoms with E-state index in [1.165, 1.54) is 14.7 Å². The van der Waals surface area contributed by atoms with E-state index in [1.54, 1.807) is 25.0 Å². The predicted octanol–water partition coefficient (Wildman–Crippen LogP) is 2.60. The molecule has 0 N–H and O–H groups in total. The Morgan fingerprint density at radius 2 is 1.96 bits per heavy atom. The average Bonchev–Trinajstić information content (AvgIpc) is 2.90. The van der Waals surface area contributed by atoms with Gasteiger partial charge in [-0.3, -0.25) is 13.9 Å². The molecule has 2 aromatic heterocycles. The van der Waals surface area contributed by atoms with Crippen molar-refractivity contribution in [1.29, 1.82) is 0 Å². The Morgan fingerprint density at radius 3 is 2.62 bits per heavy atom. The average molecular weight is 332 g/mol. The quantitative estimate of drug-likeness (QED) is 0.732. The van der Waals surface area contributed by atoms with E-state index in [-0.39, 0.29) is 11.2 Å². The minimum absolute atomic E-state index is 0.245. The maximum absolute atomic E-state index is 12.6. The summed E-state index contributed by atoms with van der Waals surface area (Å²) in [7, 11) is 3.44. The van der Waals surface area contributed by atoms with Crippen molar-refractivity contribution in [1.82, 2.24) is 18.7 Å². The minimum atomic E-state index is -0.289. The highest BCUT2D eigenvalue weighted by atomic mass is 16.2. The number of hydrogen-bond acceptors (Lipinski definition) is 3. The number of aromatic nitrogens is 4. The SMILES string of the molecule is CC(C)=CCCC(C)CCCn1c(=O)c2c(ncn2C)n(C)c1=O. The van der Waals surface area contributed by atoms with Gasteiger partial charge in [0.15, 0.2) is 11.2 Å². The first kappa shape index (κ1) is 18.2. The van der Waals surface area contributed by atoms with Crippen LogP contribution in [0.3, 0.4) is 0 Å². The molecule has 2 rings (SSSR count). The van der Waals surface area contributed by atoms with Crippen LogP contribution in [0.25, 0.3) is 11.2 Å². The lowest BCUT2D eigenvalue weighted by Gasteiger charge is -2.12. The fourth-order valence-corrected chi connectivity index (χ4v) is 2.99. The fourth-order valence-electron chi connectivity index (χ4n) is 2.99. The van der Waals surface area contributed by atoms with Crippen LogP contribution in [0, 0.1) is 5.92 Å². The van der Waals surface area contributed by atoms with Gasteiger partial charge in [-0.2, -0.15) is 0 Å². The van der Waals surface area contributed by atoms with Crippen LogP contribution in [0.1, 0.15) is 46.5 Å². The first-order valence-electron chi connectivity index (χ1n) is 8.57. The number of fused-ring (bicyclic) bond motifs is 1. The first-order chi connectivity index (χ1) is 11.3. The maximum Gasteiger partial charge on any atom is 0.332 e. The Hall–Kier alpha value is -2.11. The number of rotatable bonds is 7. The van der Waals surface area contributed by atoms with Gasteiger partial charge in [0.2, 0.25) is 0 Å². The van der Waals surface area contributed by atoms with Crippen molar-refractivity contribution in [2.75, 3.05) is 0 Å². The summed E-state index contributed by atoms with van der Waals surface area (Å²) in [6.45, 7) is 6.91. The van der Waals surface area contributed by atoms with Crippen molar-refractivity contribution in [3.05, 3.63) is 38.8 Å². The van der Waals surface area contributed by atoms with Crippen LogP contribution in [0.4, 0.5) is 0 Å². The van der Waals surface area contributed by atoms with E-state index in [9.17, 15) is 9.59 Å². The second kappa shape index (κ2) is 7.64. The zero-order valence-corrected chi connectivity index (χ0v) is 15.4. The highest BCUT2D eigenvalue weighted by Gasteiger charge is 2.14. The highest BCUT2D eigenvalue weighted by Crippen LogP contribution is 2.14. The van der Waals surface area contributed by atoms with Crippen molar-refractivity contribution in [2.45, 2.75) is 53.0 Å². The lowest BCUT2D eigenvalue weighted by Crippen LogP contribution is -2.39. The topological polar surface area (TPSA) is 61.8 Å². The molecule has 0 aromatic carbocycles. The highest BCUT2D eigenvalue weighted by molar-refractivity contribution is 5.69. The van der Waals surface area contributed by atoms with E-state index in [2.05, 4.69) is 31.8 Å². The van der Waals surface area contributed by atoms with E-state index in [4.69, 9.17) is 0 Å². The van der Waals surface area contributed by atoms with Gasteiger partial charge < -0.3 is 4.57 Å². The molecule has 0 saturated carbocycles. The molecule has 2 aromatic rings. The third-order valence-electron chi connectivity index (χ3n) is 4.49. The van der Waals surface area contributed by atoms with Crippen LogP contribution in [0.5, 0.6) is 0 Å². The summed E-state index contributed by atoms with van der Waals surface area (Å²) >= 11 is 0. The van der Waals surface area contributed by atoms with E-state index < -0.39 is 0 Å². The molecule has 0 spiro atoms. The van der Waals surface area contributed by atoms with Crippen molar-refractivity contribution >= 4 is 11.2 Å². The summed E-state index contributed by atoms with van der Waals surface area (Å²) in [5, 5.41) is 0. The molecular weight excluding hydrogens is 304 g/mol. The molecule has 0 radical (unpaired) electrons. The molecule has 0 fully saturated rings. The van der Waals surface area contributed by atoms with Crippen molar-refractivity contribution in [2.24, 2.45) is 20.0 Å². The smallest absolute Gasteiger partial charge is 0.328 e. The molecule has 0 aliphatic heterocycles. The monoisotopic (exact) mass is 332 g/mol. The van der Waals surface area contributed by atoms with Gasteiger partial charge in [-0.05, 0) is 45.4 Å². The zero-order valence-electron chi connectivity index (χ0n) is 15.4. The maximum atomic E-state index is 12.6. The Labute approximate surface area is 142 Å². The third kappa shape index (κ3) is 3.86. The summed E-state index contributed by atoms with van der Waals surface area (Å²) in [5.41, 5.74) is 1.74. The zero-order chi connectivity index (χ0) is 17.9. The van der Waals surface area contributed by atoms with Crippen LogP contribution >= 0.6 is 0 Å². The van der Waals surface area contributed by atoms with Gasteiger partial charge in [0, 0.05) is 20.6 Å². The summed E-state index contributed by atoms with van der Waals surface area (Å²) in [4.78, 5) is 29.1. The Kier molecular flexibility index (Phi) is 5.80. The summed E-state index contributed by atoms with van der Waals surface area (Å²) in [6.07, 6.45) is 7.89. The van der Waals surface area contributed by atoms with E-state index in [1.807, 2.05) is 0 Å². The lowest BCUT2D eigenvalue weighted by molar-refractivity contribution is 0.444. The van der Waals surface area contributed by atoms with Crippen LogP contribution < -0.4 is 11.2 Å². The van der Waals surface area contributed by atoms with Crippen molar-refractivity contribution in [3.8, 4) is 0 Å². The molecule has 0 aliphatic carbocycles. The number of hydrogen-bond donors (Lipinski definition) is 0. The largest absolute Gasteiger partial charge is 0.332 e. The molecule has 1 atom stereocenters. The fraction of sp³-hybridized carbons (Fsp3) is 0.611. The van der Waals surface area contributed by atoms with Gasteiger partial charge in [-0.1, -0.05) is 18.6 Å². The molecule has 0 amide bonds. The van der Waals surface area contributed by atoms with Crippen molar-refractivity contribution < 1.29 is 0 Å². The summed E-state index contributed by atoms with van der Waals surface area (Å²) in [5.74, 6) is 0.584. The Balaban J connectivity index is 2.08. The number of allylic oxidation sites excluding steroid dienone is 2. The summed E-state index contributed by atoms with van der Waals surface area (Å²) in [6, 6.07) is 0. The van der Waals surface area contributed by atoms with Crippen LogP contribution in [-0.2, 0) is 20.6 Å². The molecule has 6 heteroatoms. The minimum Gasteiger partial charge on any atom is -0.328 e. The van der Waals surface area contributed by atoms with Crippen LogP contribution in [-0.4, -0.2) is 18.7 Å². The van der Waals surface area contributed by atoms with E-state index in [0.29, 0.717) is 23.6 Å². The van der Waals surface area contributed by atoms with Gasteiger partial charge >= 0.3 is 5.69 Å². The van der Waals surface area contributed by atoms with Crippen molar-refractivity contribution in [3.63, 3.8) is 0 Å². The molecule has 2 heterocycles. The second-order valence-corrected chi connectivity index (χ2v) is 6.93. The second-order valence-electron chi connectivity index (χ2n) is 6.93. The molecule has 6 nitrogen and oxygen atoms in total. The molecule has 0 aliphatic rings. The van der Waals surface area contributed by atoms with Gasteiger partial charge in [-0.25, -0.2) is 9.78 Å². The van der Waals surface area contributed by atoms with Crippen LogP contribution in [0.2, 0.25) is 0 Å². The third-order valence-corrected chi connectivity index (χ3v) is 4.49. The number of nitrogens with zero attached hydrogens (tertiary/aromatic N) is 4.